The summed E-state index contributed by atoms with van der Waals surface area (Å²) in [4.78, 5) is 23.6. The van der Waals surface area contributed by atoms with Crippen molar-refractivity contribution < 1.29 is 14.3 Å². The van der Waals surface area contributed by atoms with Crippen LogP contribution in [0.4, 0.5) is 5.69 Å². The van der Waals surface area contributed by atoms with Crippen molar-refractivity contribution in [1.82, 2.24) is 5.01 Å². The standard InChI is InChI=1S/C14H17N3O3/c1-10-7-8-15-17(10)9-13(18)16-12-6-4-3-5-11(12)14(19)20-2/h3-6,8,10H,7,9H2,1-2H3,(H,16,18)/t10-/m0/s1. The fraction of sp³-hybridized carbons (Fsp3) is 0.357. The Morgan fingerprint density at radius 1 is 1.45 bits per heavy atom. The van der Waals surface area contributed by atoms with Gasteiger partial charge in [0.15, 0.2) is 0 Å². The van der Waals surface area contributed by atoms with Crippen molar-refractivity contribution in [2.24, 2.45) is 5.10 Å². The molecule has 20 heavy (non-hydrogen) atoms. The molecule has 106 valence electrons. The monoisotopic (exact) mass is 275 g/mol. The molecule has 0 aromatic heterocycles. The van der Waals surface area contributed by atoms with Crippen LogP contribution in [-0.2, 0) is 9.53 Å². The molecule has 1 aliphatic heterocycles. The molecule has 1 N–H and O–H groups in total. The van der Waals surface area contributed by atoms with Crippen LogP contribution in [0.1, 0.15) is 23.7 Å². The van der Waals surface area contributed by atoms with Crippen molar-refractivity contribution in [1.29, 1.82) is 0 Å². The van der Waals surface area contributed by atoms with Gasteiger partial charge in [-0.2, -0.15) is 5.10 Å². The van der Waals surface area contributed by atoms with Gasteiger partial charge in [0.25, 0.3) is 0 Å². The van der Waals surface area contributed by atoms with E-state index in [1.54, 1.807) is 35.5 Å². The van der Waals surface area contributed by atoms with Gasteiger partial charge in [0.1, 0.15) is 6.54 Å². The summed E-state index contributed by atoms with van der Waals surface area (Å²) in [6, 6.07) is 6.96. The summed E-state index contributed by atoms with van der Waals surface area (Å²) >= 11 is 0. The predicted octanol–water partition coefficient (Wildman–Crippen LogP) is 1.49. The minimum atomic E-state index is -0.478. The zero-order valence-corrected chi connectivity index (χ0v) is 11.5. The number of ether oxygens (including phenoxy) is 1. The number of anilines is 1. The molecule has 0 spiro atoms. The molecule has 0 fully saturated rings. The molecule has 1 aliphatic rings. The van der Waals surface area contributed by atoms with Crippen LogP contribution in [0.5, 0.6) is 0 Å². The van der Waals surface area contributed by atoms with E-state index < -0.39 is 5.97 Å². The van der Waals surface area contributed by atoms with Crippen molar-refractivity contribution in [3.05, 3.63) is 29.8 Å². The maximum atomic E-state index is 12.0. The average molecular weight is 275 g/mol. The van der Waals surface area contributed by atoms with Crippen LogP contribution in [0.25, 0.3) is 0 Å². The van der Waals surface area contributed by atoms with Gasteiger partial charge in [0.2, 0.25) is 5.91 Å². The van der Waals surface area contributed by atoms with Crippen molar-refractivity contribution in [3.8, 4) is 0 Å². The largest absolute Gasteiger partial charge is 0.465 e. The third-order valence-corrected chi connectivity index (χ3v) is 3.10. The smallest absolute Gasteiger partial charge is 0.339 e. The van der Waals surface area contributed by atoms with Gasteiger partial charge in [-0.25, -0.2) is 4.79 Å². The van der Waals surface area contributed by atoms with E-state index in [0.717, 1.165) is 6.42 Å². The topological polar surface area (TPSA) is 71.0 Å². The summed E-state index contributed by atoms with van der Waals surface area (Å²) < 4.78 is 4.68. The van der Waals surface area contributed by atoms with E-state index in [0.29, 0.717) is 11.3 Å². The average Bonchev–Trinajstić information content (AvgIpc) is 2.84. The number of para-hydroxylation sites is 1. The van der Waals surface area contributed by atoms with Crippen LogP contribution in [-0.4, -0.2) is 42.8 Å². The molecule has 0 aliphatic carbocycles. The lowest BCUT2D eigenvalue weighted by atomic mass is 10.2. The molecule has 1 aromatic rings. The molecule has 0 saturated carbocycles. The first-order chi connectivity index (χ1) is 9.61. The minimum Gasteiger partial charge on any atom is -0.465 e. The van der Waals surface area contributed by atoms with E-state index in [4.69, 9.17) is 0 Å². The number of nitrogens with one attached hydrogen (secondary N) is 1. The lowest BCUT2D eigenvalue weighted by Crippen LogP contribution is -2.33. The second kappa shape index (κ2) is 6.18. The Bertz CT molecular complexity index is 542. The highest BCUT2D eigenvalue weighted by molar-refractivity contribution is 6.01. The van der Waals surface area contributed by atoms with E-state index in [9.17, 15) is 9.59 Å². The maximum absolute atomic E-state index is 12.0. The summed E-state index contributed by atoms with van der Waals surface area (Å²) in [6.45, 7) is 2.16. The van der Waals surface area contributed by atoms with Gasteiger partial charge in [-0.15, -0.1) is 0 Å². The maximum Gasteiger partial charge on any atom is 0.339 e. The summed E-state index contributed by atoms with van der Waals surface area (Å²) in [5, 5.41) is 8.56. The number of esters is 1. The number of hydrogen-bond acceptors (Lipinski definition) is 5. The summed E-state index contributed by atoms with van der Waals surface area (Å²) in [7, 11) is 1.31. The highest BCUT2D eigenvalue weighted by atomic mass is 16.5. The van der Waals surface area contributed by atoms with E-state index in [1.165, 1.54) is 7.11 Å². The predicted molar refractivity (Wildman–Crippen MR) is 75.7 cm³/mol. The summed E-state index contributed by atoms with van der Waals surface area (Å²) in [5.74, 6) is -0.694. The molecular formula is C14H17N3O3. The molecule has 2 rings (SSSR count). The Morgan fingerprint density at radius 2 is 2.20 bits per heavy atom. The van der Waals surface area contributed by atoms with E-state index in [-0.39, 0.29) is 18.5 Å². The summed E-state index contributed by atoms with van der Waals surface area (Å²) in [5.41, 5.74) is 0.779. The number of rotatable bonds is 4. The number of amides is 1. The summed E-state index contributed by atoms with van der Waals surface area (Å²) in [6.07, 6.45) is 2.63. The Hall–Kier alpha value is -2.37. The second-order valence-corrected chi connectivity index (χ2v) is 4.57. The van der Waals surface area contributed by atoms with Crippen molar-refractivity contribution in [2.45, 2.75) is 19.4 Å². The van der Waals surface area contributed by atoms with E-state index in [1.807, 2.05) is 6.92 Å². The highest BCUT2D eigenvalue weighted by Crippen LogP contribution is 2.16. The van der Waals surface area contributed by atoms with Crippen molar-refractivity contribution >= 4 is 23.8 Å². The molecule has 0 bridgehead atoms. The number of carbonyl (C=O) groups is 2. The molecular weight excluding hydrogens is 258 g/mol. The van der Waals surface area contributed by atoms with Gasteiger partial charge in [0, 0.05) is 18.7 Å². The minimum absolute atomic E-state index is 0.160. The third-order valence-electron chi connectivity index (χ3n) is 3.10. The number of benzene rings is 1. The van der Waals surface area contributed by atoms with Gasteiger partial charge in [-0.1, -0.05) is 12.1 Å². The van der Waals surface area contributed by atoms with Crippen LogP contribution < -0.4 is 5.32 Å². The highest BCUT2D eigenvalue weighted by Gasteiger charge is 2.20. The normalized spacial score (nSPS) is 17.1. The Balaban J connectivity index is 2.04. The van der Waals surface area contributed by atoms with Crippen LogP contribution in [0.15, 0.2) is 29.4 Å². The first-order valence-corrected chi connectivity index (χ1v) is 6.38. The van der Waals surface area contributed by atoms with Crippen LogP contribution in [0.2, 0.25) is 0 Å². The Labute approximate surface area is 117 Å². The third kappa shape index (κ3) is 3.14. The van der Waals surface area contributed by atoms with E-state index >= 15 is 0 Å². The first-order valence-electron chi connectivity index (χ1n) is 6.38. The van der Waals surface area contributed by atoms with Gasteiger partial charge in [0.05, 0.1) is 18.4 Å². The lowest BCUT2D eigenvalue weighted by molar-refractivity contribution is -0.117. The molecule has 0 unspecified atom stereocenters. The lowest BCUT2D eigenvalue weighted by Gasteiger charge is -2.19. The molecule has 0 saturated heterocycles. The van der Waals surface area contributed by atoms with Crippen molar-refractivity contribution in [2.75, 3.05) is 19.0 Å². The fourth-order valence-electron chi connectivity index (χ4n) is 1.95. The molecule has 1 amide bonds. The van der Waals surface area contributed by atoms with Crippen LogP contribution >= 0.6 is 0 Å². The zero-order chi connectivity index (χ0) is 14.5. The molecule has 1 aromatic carbocycles. The van der Waals surface area contributed by atoms with Gasteiger partial charge in [-0.05, 0) is 19.1 Å². The van der Waals surface area contributed by atoms with Gasteiger partial charge < -0.3 is 10.1 Å². The van der Waals surface area contributed by atoms with Gasteiger partial charge >= 0.3 is 5.97 Å². The van der Waals surface area contributed by atoms with E-state index in [2.05, 4.69) is 15.2 Å². The molecule has 6 nitrogen and oxygen atoms in total. The molecule has 6 heteroatoms. The second-order valence-electron chi connectivity index (χ2n) is 4.57. The number of hydrogen-bond donors (Lipinski definition) is 1. The molecule has 1 atom stereocenters. The van der Waals surface area contributed by atoms with Crippen LogP contribution in [0, 0.1) is 0 Å². The number of nitrogens with zero attached hydrogens (tertiary/aromatic N) is 2. The SMILES string of the molecule is COC(=O)c1ccccc1NC(=O)CN1N=CC[C@@H]1C. The number of carbonyl (C=O) groups excluding carboxylic acids is 2. The fourth-order valence-corrected chi connectivity index (χ4v) is 1.95. The number of hydrazone groups is 1. The Kier molecular flexibility index (Phi) is 4.34. The Morgan fingerprint density at radius 3 is 2.85 bits per heavy atom. The first kappa shape index (κ1) is 14.0. The zero-order valence-electron chi connectivity index (χ0n) is 11.5. The molecule has 0 radical (unpaired) electrons. The number of methoxy groups -OCH3 is 1. The van der Waals surface area contributed by atoms with Crippen LogP contribution in [0.3, 0.4) is 0 Å². The molecule has 1 heterocycles. The van der Waals surface area contributed by atoms with Crippen molar-refractivity contribution in [3.63, 3.8) is 0 Å². The quantitative estimate of drug-likeness (QED) is 0.845. The van der Waals surface area contributed by atoms with Gasteiger partial charge in [-0.3, -0.25) is 9.80 Å².